The quantitative estimate of drug-likeness (QED) is 0.673. The summed E-state index contributed by atoms with van der Waals surface area (Å²) < 4.78 is 5.27. The monoisotopic (exact) mass is 444 g/mol. The Balaban J connectivity index is 1.58. The number of likely N-dealkylation sites (tertiary alicyclic amines) is 1. The van der Waals surface area contributed by atoms with Gasteiger partial charge in [-0.05, 0) is 52.1 Å². The Morgan fingerprint density at radius 2 is 1.88 bits per heavy atom. The average Bonchev–Trinajstić information content (AvgIpc) is 3.11. The van der Waals surface area contributed by atoms with Gasteiger partial charge in [0.05, 0.1) is 12.1 Å². The molecule has 0 radical (unpaired) electrons. The zero-order valence-electron chi connectivity index (χ0n) is 19.5. The van der Waals surface area contributed by atoms with Gasteiger partial charge in [-0.1, -0.05) is 30.3 Å². The van der Waals surface area contributed by atoms with Gasteiger partial charge in [0.1, 0.15) is 12.6 Å². The highest BCUT2D eigenvalue weighted by molar-refractivity contribution is 5.88. The molecule has 2 fully saturated rings. The van der Waals surface area contributed by atoms with Crippen LogP contribution < -0.4 is 10.6 Å². The molecule has 3 amide bonds. The van der Waals surface area contributed by atoms with Crippen LogP contribution in [0.25, 0.3) is 0 Å². The lowest BCUT2D eigenvalue weighted by Crippen LogP contribution is -2.58. The molecular formula is C24H36N4O4. The van der Waals surface area contributed by atoms with E-state index in [1.165, 1.54) is 6.92 Å². The second kappa shape index (κ2) is 10.8. The van der Waals surface area contributed by atoms with Crippen molar-refractivity contribution >= 4 is 17.9 Å². The summed E-state index contributed by atoms with van der Waals surface area (Å²) in [5.74, 6) is -0.184. The highest BCUT2D eigenvalue weighted by Crippen LogP contribution is 2.30. The summed E-state index contributed by atoms with van der Waals surface area (Å²) in [5.41, 5.74) is 0.892. The van der Waals surface area contributed by atoms with E-state index in [1.807, 2.05) is 35.2 Å². The summed E-state index contributed by atoms with van der Waals surface area (Å²) in [5, 5.41) is 5.79. The van der Waals surface area contributed by atoms with Crippen LogP contribution in [0, 0.1) is 0 Å². The molecule has 176 valence electrons. The van der Waals surface area contributed by atoms with Crippen molar-refractivity contribution in [1.82, 2.24) is 20.4 Å². The molecule has 0 aromatic heterocycles. The Hall–Kier alpha value is -2.61. The number of benzene rings is 1. The number of hydrogen-bond donors (Lipinski definition) is 2. The summed E-state index contributed by atoms with van der Waals surface area (Å²) in [6, 6.07) is 9.46. The van der Waals surface area contributed by atoms with Crippen LogP contribution in [0.4, 0.5) is 4.79 Å². The Kier molecular flexibility index (Phi) is 8.12. The van der Waals surface area contributed by atoms with E-state index >= 15 is 0 Å². The summed E-state index contributed by atoms with van der Waals surface area (Å²) >= 11 is 0. The zero-order valence-corrected chi connectivity index (χ0v) is 19.5. The average molecular weight is 445 g/mol. The number of carbonyl (C=O) groups excluding carboxylic acids is 3. The van der Waals surface area contributed by atoms with Gasteiger partial charge in [-0.2, -0.15) is 0 Å². The van der Waals surface area contributed by atoms with Gasteiger partial charge >= 0.3 is 6.09 Å². The van der Waals surface area contributed by atoms with Gasteiger partial charge in [0.15, 0.2) is 0 Å². The van der Waals surface area contributed by atoms with E-state index < -0.39 is 12.1 Å². The van der Waals surface area contributed by atoms with Crippen LogP contribution in [-0.2, 0) is 20.9 Å². The van der Waals surface area contributed by atoms with Crippen LogP contribution in [0.15, 0.2) is 30.3 Å². The lowest BCUT2D eigenvalue weighted by Gasteiger charge is -2.44. The highest BCUT2D eigenvalue weighted by Gasteiger charge is 2.43. The van der Waals surface area contributed by atoms with Crippen LogP contribution in [0.2, 0.25) is 0 Å². The van der Waals surface area contributed by atoms with Crippen LogP contribution in [0.5, 0.6) is 0 Å². The van der Waals surface area contributed by atoms with E-state index in [-0.39, 0.29) is 30.5 Å². The largest absolute Gasteiger partial charge is 0.445 e. The Bertz CT molecular complexity index is 800. The third kappa shape index (κ3) is 6.00. The fraction of sp³-hybridized carbons (Fsp3) is 0.625. The topological polar surface area (TPSA) is 91.0 Å². The molecule has 1 unspecified atom stereocenters. The maximum Gasteiger partial charge on any atom is 0.408 e. The molecule has 2 aliphatic rings. The SMILES string of the molecule is CC(=O)N[C@H]1C[C@H](N(C)C(C)C)CCC1N1CC[C@H](NC(=O)OCc2ccccc2)C1=O. The Morgan fingerprint density at radius 1 is 1.16 bits per heavy atom. The minimum Gasteiger partial charge on any atom is -0.445 e. The van der Waals surface area contributed by atoms with Crippen LogP contribution in [0.1, 0.15) is 52.0 Å². The first-order valence-corrected chi connectivity index (χ1v) is 11.5. The van der Waals surface area contributed by atoms with E-state index in [9.17, 15) is 14.4 Å². The normalized spacial score (nSPS) is 25.8. The molecule has 1 heterocycles. The van der Waals surface area contributed by atoms with Crippen molar-refractivity contribution in [3.05, 3.63) is 35.9 Å². The van der Waals surface area contributed by atoms with E-state index in [1.54, 1.807) is 0 Å². The molecule has 1 saturated carbocycles. The van der Waals surface area contributed by atoms with Crippen molar-refractivity contribution in [2.24, 2.45) is 0 Å². The molecule has 0 spiro atoms. The first kappa shape index (κ1) is 24.0. The van der Waals surface area contributed by atoms with E-state index in [0.717, 1.165) is 24.8 Å². The van der Waals surface area contributed by atoms with Gasteiger partial charge in [-0.15, -0.1) is 0 Å². The minimum atomic E-state index is -0.590. The number of rotatable bonds is 7. The van der Waals surface area contributed by atoms with Crippen molar-refractivity contribution < 1.29 is 19.1 Å². The zero-order chi connectivity index (χ0) is 23.3. The van der Waals surface area contributed by atoms with Crippen molar-refractivity contribution in [1.29, 1.82) is 0 Å². The molecule has 8 nitrogen and oxygen atoms in total. The summed E-state index contributed by atoms with van der Waals surface area (Å²) in [6.07, 6.45) is 2.55. The molecule has 3 rings (SSSR count). The van der Waals surface area contributed by atoms with Gasteiger partial charge in [-0.25, -0.2) is 4.79 Å². The van der Waals surface area contributed by atoms with E-state index in [4.69, 9.17) is 4.74 Å². The molecule has 4 atom stereocenters. The van der Waals surface area contributed by atoms with Crippen molar-refractivity contribution in [3.63, 3.8) is 0 Å². The predicted molar refractivity (Wildman–Crippen MR) is 122 cm³/mol. The van der Waals surface area contributed by atoms with Gasteiger partial charge < -0.3 is 25.2 Å². The molecule has 8 heteroatoms. The second-order valence-corrected chi connectivity index (χ2v) is 9.18. The van der Waals surface area contributed by atoms with Gasteiger partial charge in [0.25, 0.3) is 0 Å². The second-order valence-electron chi connectivity index (χ2n) is 9.18. The maximum absolute atomic E-state index is 13.1. The first-order chi connectivity index (χ1) is 15.3. The highest BCUT2D eigenvalue weighted by atomic mass is 16.5. The standard InChI is InChI=1S/C24H36N4O4/c1-16(2)27(4)19-10-11-22(21(14-19)25-17(3)29)28-13-12-20(23(28)30)26-24(31)32-15-18-8-6-5-7-9-18/h5-9,16,19-22H,10-15H2,1-4H3,(H,25,29)(H,26,31)/t19-,20+,21+,22?/m1/s1. The van der Waals surface area contributed by atoms with Gasteiger partial charge in [0, 0.05) is 25.6 Å². The molecule has 32 heavy (non-hydrogen) atoms. The number of alkyl carbamates (subject to hydrolysis) is 1. The fourth-order valence-electron chi connectivity index (χ4n) is 4.79. The summed E-state index contributed by atoms with van der Waals surface area (Å²) in [6.45, 7) is 6.57. The number of nitrogens with zero attached hydrogens (tertiary/aromatic N) is 2. The number of ether oxygens (including phenoxy) is 1. The molecule has 1 saturated heterocycles. The van der Waals surface area contributed by atoms with Crippen molar-refractivity contribution in [2.75, 3.05) is 13.6 Å². The smallest absolute Gasteiger partial charge is 0.408 e. The summed E-state index contributed by atoms with van der Waals surface area (Å²) in [4.78, 5) is 41.4. The van der Waals surface area contributed by atoms with Gasteiger partial charge in [-0.3, -0.25) is 9.59 Å². The molecule has 1 aromatic rings. The Morgan fingerprint density at radius 3 is 2.53 bits per heavy atom. The lowest BCUT2D eigenvalue weighted by molar-refractivity contribution is -0.134. The minimum absolute atomic E-state index is 0.0599. The van der Waals surface area contributed by atoms with Crippen molar-refractivity contribution in [2.45, 2.75) is 83.3 Å². The maximum atomic E-state index is 13.1. The third-order valence-electron chi connectivity index (χ3n) is 6.71. The molecular weight excluding hydrogens is 408 g/mol. The van der Waals surface area contributed by atoms with Crippen LogP contribution in [-0.4, -0.2) is 71.5 Å². The fourth-order valence-corrected chi connectivity index (χ4v) is 4.79. The summed E-state index contributed by atoms with van der Waals surface area (Å²) in [7, 11) is 2.11. The first-order valence-electron chi connectivity index (χ1n) is 11.5. The predicted octanol–water partition coefficient (Wildman–Crippen LogP) is 2.28. The van der Waals surface area contributed by atoms with E-state index in [0.29, 0.717) is 25.0 Å². The molecule has 1 aromatic carbocycles. The molecule has 0 bridgehead atoms. The molecule has 1 aliphatic heterocycles. The number of nitrogens with one attached hydrogen (secondary N) is 2. The van der Waals surface area contributed by atoms with Crippen LogP contribution in [0.3, 0.4) is 0 Å². The number of hydrogen-bond acceptors (Lipinski definition) is 5. The lowest BCUT2D eigenvalue weighted by atomic mass is 9.84. The molecule has 1 aliphatic carbocycles. The number of carbonyl (C=O) groups is 3. The van der Waals surface area contributed by atoms with Gasteiger partial charge in [0.2, 0.25) is 11.8 Å². The van der Waals surface area contributed by atoms with Crippen LogP contribution >= 0.6 is 0 Å². The van der Waals surface area contributed by atoms with E-state index in [2.05, 4.69) is 36.4 Å². The molecule has 2 N–H and O–H groups in total. The third-order valence-corrected chi connectivity index (χ3v) is 6.71. The Labute approximate surface area is 190 Å². The number of amides is 3. The van der Waals surface area contributed by atoms with Crippen molar-refractivity contribution in [3.8, 4) is 0 Å².